The monoisotopic (exact) mass is 277 g/mol. The predicted molar refractivity (Wildman–Crippen MR) is 71.3 cm³/mol. The molecular formula is C14H15NO5. The minimum Gasteiger partial charge on any atom is -0.508 e. The summed E-state index contributed by atoms with van der Waals surface area (Å²) in [6, 6.07) is 6.42. The minimum atomic E-state index is -1.40. The Morgan fingerprint density at radius 1 is 1.55 bits per heavy atom. The van der Waals surface area contributed by atoms with Crippen molar-refractivity contribution in [1.82, 2.24) is 0 Å². The van der Waals surface area contributed by atoms with Gasteiger partial charge in [0.25, 0.3) is 0 Å². The molecule has 1 aromatic carbocycles. The smallest absolute Gasteiger partial charge is 0.339 e. The van der Waals surface area contributed by atoms with Gasteiger partial charge in [-0.05, 0) is 29.8 Å². The lowest BCUT2D eigenvalue weighted by atomic mass is 10.0. The van der Waals surface area contributed by atoms with Gasteiger partial charge in [0.15, 0.2) is 12.2 Å². The molecule has 0 saturated heterocycles. The molecule has 1 aromatic rings. The lowest BCUT2D eigenvalue weighted by Crippen LogP contribution is -2.35. The number of phenolic OH excluding ortho intramolecular Hbond substituents is 1. The van der Waals surface area contributed by atoms with Gasteiger partial charge in [-0.2, -0.15) is 0 Å². The molecule has 6 heteroatoms. The maximum absolute atomic E-state index is 11.5. The Bertz CT molecular complexity index is 523. The number of benzene rings is 1. The zero-order valence-corrected chi connectivity index (χ0v) is 10.7. The van der Waals surface area contributed by atoms with Gasteiger partial charge in [0.2, 0.25) is 0 Å². The summed E-state index contributed by atoms with van der Waals surface area (Å²) >= 11 is 0. The fraction of sp³-hybridized carbons (Fsp3) is 0.286. The molecule has 2 rings (SSSR count). The zero-order valence-electron chi connectivity index (χ0n) is 10.7. The Morgan fingerprint density at radius 3 is 2.90 bits per heavy atom. The van der Waals surface area contributed by atoms with Crippen LogP contribution < -0.4 is 0 Å². The summed E-state index contributed by atoms with van der Waals surface area (Å²) in [5.74, 6) is -0.616. The highest BCUT2D eigenvalue weighted by Gasteiger charge is 2.34. The van der Waals surface area contributed by atoms with E-state index in [1.807, 2.05) is 0 Å². The molecule has 1 aliphatic heterocycles. The van der Waals surface area contributed by atoms with Crippen LogP contribution in [-0.4, -0.2) is 40.7 Å². The second-order valence-electron chi connectivity index (χ2n) is 4.30. The van der Waals surface area contributed by atoms with E-state index in [2.05, 4.69) is 11.7 Å². The molecule has 0 aromatic heterocycles. The first-order chi connectivity index (χ1) is 9.61. The number of phenols is 1. The molecule has 20 heavy (non-hydrogen) atoms. The van der Waals surface area contributed by atoms with E-state index in [0.717, 1.165) is 5.56 Å². The number of hydrogen-bond donors (Lipinski definition) is 2. The fourth-order valence-electron chi connectivity index (χ4n) is 1.77. The van der Waals surface area contributed by atoms with Crippen molar-refractivity contribution in [3.63, 3.8) is 0 Å². The van der Waals surface area contributed by atoms with Crippen molar-refractivity contribution in [1.29, 1.82) is 0 Å². The average Bonchev–Trinajstić information content (AvgIpc) is 2.94. The van der Waals surface area contributed by atoms with Crippen LogP contribution in [0.4, 0.5) is 0 Å². The number of hydrogen-bond acceptors (Lipinski definition) is 6. The number of nitrogens with zero attached hydrogens (tertiary/aromatic N) is 1. The lowest BCUT2D eigenvalue weighted by Gasteiger charge is -2.14. The van der Waals surface area contributed by atoms with Gasteiger partial charge < -0.3 is 19.8 Å². The van der Waals surface area contributed by atoms with Gasteiger partial charge in [-0.3, -0.25) is 0 Å². The first-order valence-corrected chi connectivity index (χ1v) is 6.09. The van der Waals surface area contributed by atoms with Crippen molar-refractivity contribution in [3.8, 4) is 5.75 Å². The molecule has 6 nitrogen and oxygen atoms in total. The topological polar surface area (TPSA) is 88.4 Å². The molecule has 0 fully saturated rings. The standard InChI is InChI=1S/C14H15NO5/c1-2-7-19-14(18)13(17)12-8-11(15-20-12)9-3-5-10(16)6-4-9/h2-6,12-13,16-17H,1,7-8H2. The van der Waals surface area contributed by atoms with Gasteiger partial charge in [-0.15, -0.1) is 0 Å². The molecule has 2 N–H and O–H groups in total. The Morgan fingerprint density at radius 2 is 2.25 bits per heavy atom. The number of esters is 1. The van der Waals surface area contributed by atoms with Crippen LogP contribution in [0.1, 0.15) is 12.0 Å². The molecule has 0 bridgehead atoms. The molecule has 0 spiro atoms. The maximum Gasteiger partial charge on any atom is 0.339 e. The molecule has 2 atom stereocenters. The molecule has 106 valence electrons. The van der Waals surface area contributed by atoms with Crippen LogP contribution in [0.2, 0.25) is 0 Å². The number of carbonyl (C=O) groups is 1. The number of aliphatic hydroxyl groups excluding tert-OH is 1. The van der Waals surface area contributed by atoms with Crippen molar-refractivity contribution >= 4 is 11.7 Å². The second kappa shape index (κ2) is 6.21. The Balaban J connectivity index is 1.95. The summed E-state index contributed by atoms with van der Waals surface area (Å²) in [5.41, 5.74) is 1.36. The maximum atomic E-state index is 11.5. The normalized spacial score (nSPS) is 18.9. The molecule has 0 saturated carbocycles. The quantitative estimate of drug-likeness (QED) is 0.618. The minimum absolute atomic E-state index is 0.0360. The molecule has 0 aliphatic carbocycles. The highest BCUT2D eigenvalue weighted by molar-refractivity contribution is 6.01. The second-order valence-corrected chi connectivity index (χ2v) is 4.30. The summed E-state index contributed by atoms with van der Waals surface area (Å²) in [5, 5.41) is 22.9. The van der Waals surface area contributed by atoms with E-state index in [9.17, 15) is 15.0 Å². The van der Waals surface area contributed by atoms with Crippen molar-refractivity contribution in [3.05, 3.63) is 42.5 Å². The number of aliphatic hydroxyl groups is 1. The molecule has 1 aliphatic rings. The molecule has 2 unspecified atom stereocenters. The summed E-state index contributed by atoms with van der Waals surface area (Å²) < 4.78 is 4.75. The first-order valence-electron chi connectivity index (χ1n) is 6.09. The Kier molecular flexibility index (Phi) is 4.37. The van der Waals surface area contributed by atoms with E-state index >= 15 is 0 Å². The first kappa shape index (κ1) is 14.1. The van der Waals surface area contributed by atoms with Crippen LogP contribution in [0, 0.1) is 0 Å². The predicted octanol–water partition coefficient (Wildman–Crippen LogP) is 0.975. The molecular weight excluding hydrogens is 262 g/mol. The third kappa shape index (κ3) is 3.16. The number of oxime groups is 1. The van der Waals surface area contributed by atoms with Gasteiger partial charge in [0.05, 0.1) is 5.71 Å². The van der Waals surface area contributed by atoms with E-state index < -0.39 is 18.2 Å². The summed E-state index contributed by atoms with van der Waals surface area (Å²) in [6.07, 6.45) is -0.461. The molecule has 0 radical (unpaired) electrons. The van der Waals surface area contributed by atoms with E-state index in [-0.39, 0.29) is 18.8 Å². The van der Waals surface area contributed by atoms with Crippen LogP contribution in [0.25, 0.3) is 0 Å². The van der Waals surface area contributed by atoms with Crippen molar-refractivity contribution < 1.29 is 24.6 Å². The zero-order chi connectivity index (χ0) is 14.5. The summed E-state index contributed by atoms with van der Waals surface area (Å²) in [4.78, 5) is 16.6. The average molecular weight is 277 g/mol. The van der Waals surface area contributed by atoms with Crippen molar-refractivity contribution in [2.75, 3.05) is 6.61 Å². The van der Waals surface area contributed by atoms with Gasteiger partial charge in [0, 0.05) is 6.42 Å². The Hall–Kier alpha value is -2.34. The molecule has 0 amide bonds. The Labute approximate surface area is 115 Å². The summed E-state index contributed by atoms with van der Waals surface area (Å²) in [6.45, 7) is 3.45. The van der Waals surface area contributed by atoms with E-state index in [0.29, 0.717) is 5.71 Å². The number of aromatic hydroxyl groups is 1. The highest BCUT2D eigenvalue weighted by atomic mass is 16.7. The summed E-state index contributed by atoms with van der Waals surface area (Å²) in [7, 11) is 0. The van der Waals surface area contributed by atoms with Gasteiger partial charge in [-0.1, -0.05) is 17.8 Å². The van der Waals surface area contributed by atoms with Crippen LogP contribution in [0.15, 0.2) is 42.1 Å². The number of carbonyl (C=O) groups excluding carboxylic acids is 1. The molecule has 1 heterocycles. The van der Waals surface area contributed by atoms with Crippen molar-refractivity contribution in [2.24, 2.45) is 5.16 Å². The number of ether oxygens (including phenoxy) is 1. The van der Waals surface area contributed by atoms with Gasteiger partial charge in [-0.25, -0.2) is 4.79 Å². The SMILES string of the molecule is C=CCOC(=O)C(O)C1CC(c2ccc(O)cc2)=NO1. The third-order valence-electron chi connectivity index (χ3n) is 2.83. The van der Waals surface area contributed by atoms with Crippen molar-refractivity contribution in [2.45, 2.75) is 18.6 Å². The third-order valence-corrected chi connectivity index (χ3v) is 2.83. The van der Waals surface area contributed by atoms with Crippen LogP contribution in [-0.2, 0) is 14.4 Å². The highest BCUT2D eigenvalue weighted by Crippen LogP contribution is 2.21. The van der Waals surface area contributed by atoms with Crippen LogP contribution >= 0.6 is 0 Å². The number of rotatable bonds is 5. The van der Waals surface area contributed by atoms with E-state index in [1.165, 1.54) is 18.2 Å². The van der Waals surface area contributed by atoms with Gasteiger partial charge >= 0.3 is 5.97 Å². The van der Waals surface area contributed by atoms with Crippen LogP contribution in [0.5, 0.6) is 5.75 Å². The van der Waals surface area contributed by atoms with Crippen LogP contribution in [0.3, 0.4) is 0 Å². The van der Waals surface area contributed by atoms with Gasteiger partial charge in [0.1, 0.15) is 12.4 Å². The largest absolute Gasteiger partial charge is 0.508 e. The fourth-order valence-corrected chi connectivity index (χ4v) is 1.77. The van der Waals surface area contributed by atoms with E-state index in [4.69, 9.17) is 9.57 Å². The lowest BCUT2D eigenvalue weighted by molar-refractivity contribution is -0.159. The van der Waals surface area contributed by atoms with E-state index in [1.54, 1.807) is 12.1 Å².